The average molecular weight is 317 g/mol. The maximum atomic E-state index is 12.5. The van der Waals surface area contributed by atoms with Crippen LogP contribution in [0, 0.1) is 0 Å². The number of β-amino-alcohol motifs (C(OH)–C–C–N with tert-alkyl or cyclic N) is 1. The molecule has 2 aromatic rings. The van der Waals surface area contributed by atoms with Crippen LogP contribution in [0.1, 0.15) is 0 Å². The minimum Gasteiger partial charge on any atom is -0.497 e. The maximum Gasteiger partial charge on any atom is 0.242 e. The first kappa shape index (κ1) is 15.8. The molecule has 6 nitrogen and oxygen atoms in total. The van der Waals surface area contributed by atoms with Gasteiger partial charge in [-0.1, -0.05) is 0 Å². The van der Waals surface area contributed by atoms with Crippen molar-refractivity contribution in [2.75, 3.05) is 46.4 Å². The minimum atomic E-state index is 0.141. The summed E-state index contributed by atoms with van der Waals surface area (Å²) in [5.41, 5.74) is 1.04. The van der Waals surface area contributed by atoms with Crippen molar-refractivity contribution in [3.63, 3.8) is 0 Å². The van der Waals surface area contributed by atoms with E-state index in [0.717, 1.165) is 42.8 Å². The SMILES string of the molecule is COc1ccc2c(ccn2CC(=O)N2CCN(CCO)CC2)c1. The molecule has 1 aromatic heterocycles. The van der Waals surface area contributed by atoms with E-state index in [1.165, 1.54) is 0 Å². The number of hydrogen-bond donors (Lipinski definition) is 1. The number of nitrogens with zero attached hydrogens (tertiary/aromatic N) is 3. The molecule has 0 aliphatic carbocycles. The average Bonchev–Trinajstić information content (AvgIpc) is 2.98. The predicted octanol–water partition coefficient (Wildman–Crippen LogP) is 0.786. The van der Waals surface area contributed by atoms with E-state index >= 15 is 0 Å². The molecule has 0 atom stereocenters. The fraction of sp³-hybridized carbons (Fsp3) is 0.471. The van der Waals surface area contributed by atoms with E-state index in [0.29, 0.717) is 13.1 Å². The number of fused-ring (bicyclic) bond motifs is 1. The number of carbonyl (C=O) groups excluding carboxylic acids is 1. The molecule has 1 aliphatic rings. The Kier molecular flexibility index (Phi) is 4.83. The fourth-order valence-corrected chi connectivity index (χ4v) is 3.05. The highest BCUT2D eigenvalue weighted by Crippen LogP contribution is 2.22. The van der Waals surface area contributed by atoms with E-state index in [-0.39, 0.29) is 12.5 Å². The Labute approximate surface area is 135 Å². The number of ether oxygens (including phenoxy) is 1. The second kappa shape index (κ2) is 7.02. The third kappa shape index (κ3) is 3.48. The number of aliphatic hydroxyl groups excluding tert-OH is 1. The van der Waals surface area contributed by atoms with Crippen molar-refractivity contribution in [3.05, 3.63) is 30.5 Å². The van der Waals surface area contributed by atoms with E-state index in [4.69, 9.17) is 9.84 Å². The molecule has 1 N–H and O–H groups in total. The van der Waals surface area contributed by atoms with Gasteiger partial charge in [-0.15, -0.1) is 0 Å². The highest BCUT2D eigenvalue weighted by molar-refractivity contribution is 5.84. The molecule has 0 unspecified atom stereocenters. The lowest BCUT2D eigenvalue weighted by atomic mass is 10.2. The highest BCUT2D eigenvalue weighted by atomic mass is 16.5. The Morgan fingerprint density at radius 3 is 2.70 bits per heavy atom. The summed E-state index contributed by atoms with van der Waals surface area (Å²) < 4.78 is 7.21. The van der Waals surface area contributed by atoms with Gasteiger partial charge in [0.15, 0.2) is 0 Å². The molecule has 0 spiro atoms. The summed E-state index contributed by atoms with van der Waals surface area (Å²) >= 11 is 0. The van der Waals surface area contributed by atoms with Crippen molar-refractivity contribution >= 4 is 16.8 Å². The Balaban J connectivity index is 1.64. The molecule has 3 rings (SSSR count). The van der Waals surface area contributed by atoms with Crippen LogP contribution in [0.25, 0.3) is 10.9 Å². The molecule has 1 aromatic carbocycles. The summed E-state index contributed by atoms with van der Waals surface area (Å²) in [6.07, 6.45) is 1.95. The van der Waals surface area contributed by atoms with Crippen LogP contribution in [0.3, 0.4) is 0 Å². The standard InChI is InChI=1S/C17H23N3O3/c1-23-15-2-3-16-14(12-15)4-5-20(16)13-17(22)19-8-6-18(7-9-19)10-11-21/h2-5,12,21H,6-11,13H2,1H3. The zero-order valence-corrected chi connectivity index (χ0v) is 13.4. The smallest absolute Gasteiger partial charge is 0.242 e. The summed E-state index contributed by atoms with van der Waals surface area (Å²) in [6.45, 7) is 4.33. The predicted molar refractivity (Wildman–Crippen MR) is 88.6 cm³/mol. The van der Waals surface area contributed by atoms with Crippen molar-refractivity contribution < 1.29 is 14.6 Å². The molecule has 1 aliphatic heterocycles. The van der Waals surface area contributed by atoms with Gasteiger partial charge in [0, 0.05) is 49.8 Å². The van der Waals surface area contributed by atoms with E-state index in [1.54, 1.807) is 7.11 Å². The van der Waals surface area contributed by atoms with Crippen LogP contribution in [0.15, 0.2) is 30.5 Å². The van der Waals surface area contributed by atoms with Gasteiger partial charge in [0.1, 0.15) is 12.3 Å². The Morgan fingerprint density at radius 2 is 2.00 bits per heavy atom. The molecule has 0 bridgehead atoms. The van der Waals surface area contributed by atoms with Gasteiger partial charge in [0.2, 0.25) is 5.91 Å². The van der Waals surface area contributed by atoms with Crippen LogP contribution in [0.4, 0.5) is 0 Å². The topological polar surface area (TPSA) is 57.9 Å². The minimum absolute atomic E-state index is 0.141. The van der Waals surface area contributed by atoms with Crippen molar-refractivity contribution in [3.8, 4) is 5.75 Å². The van der Waals surface area contributed by atoms with Crippen molar-refractivity contribution in [1.82, 2.24) is 14.4 Å². The molecular weight excluding hydrogens is 294 g/mol. The first-order valence-corrected chi connectivity index (χ1v) is 7.95. The van der Waals surface area contributed by atoms with Gasteiger partial charge in [-0.2, -0.15) is 0 Å². The van der Waals surface area contributed by atoms with Crippen LogP contribution < -0.4 is 4.74 Å². The second-order valence-electron chi connectivity index (χ2n) is 5.81. The monoisotopic (exact) mass is 317 g/mol. The maximum absolute atomic E-state index is 12.5. The summed E-state index contributed by atoms with van der Waals surface area (Å²) in [5, 5.41) is 10.0. The Bertz CT molecular complexity index is 675. The zero-order valence-electron chi connectivity index (χ0n) is 13.4. The molecule has 6 heteroatoms. The van der Waals surface area contributed by atoms with E-state index in [2.05, 4.69) is 4.90 Å². The lowest BCUT2D eigenvalue weighted by molar-refractivity contribution is -0.133. The van der Waals surface area contributed by atoms with Crippen molar-refractivity contribution in [1.29, 1.82) is 0 Å². The number of aromatic nitrogens is 1. The van der Waals surface area contributed by atoms with E-state index < -0.39 is 0 Å². The van der Waals surface area contributed by atoms with Crippen LogP contribution >= 0.6 is 0 Å². The molecule has 1 fully saturated rings. The third-order valence-electron chi connectivity index (χ3n) is 4.42. The van der Waals surface area contributed by atoms with Gasteiger partial charge >= 0.3 is 0 Å². The summed E-state index contributed by atoms with van der Waals surface area (Å²) in [5.74, 6) is 0.962. The zero-order chi connectivity index (χ0) is 16.2. The molecule has 1 amide bonds. The molecule has 1 saturated heterocycles. The number of rotatable bonds is 5. The molecule has 0 radical (unpaired) electrons. The number of hydrogen-bond acceptors (Lipinski definition) is 4. The highest BCUT2D eigenvalue weighted by Gasteiger charge is 2.21. The molecule has 124 valence electrons. The largest absolute Gasteiger partial charge is 0.497 e. The van der Waals surface area contributed by atoms with Crippen LogP contribution in [-0.4, -0.2) is 71.8 Å². The van der Waals surface area contributed by atoms with Crippen LogP contribution in [0.5, 0.6) is 5.75 Å². The number of aliphatic hydroxyl groups is 1. The number of benzene rings is 1. The lowest BCUT2D eigenvalue weighted by Crippen LogP contribution is -2.50. The van der Waals surface area contributed by atoms with E-state index in [1.807, 2.05) is 39.9 Å². The summed E-state index contributed by atoms with van der Waals surface area (Å²) in [4.78, 5) is 16.6. The quantitative estimate of drug-likeness (QED) is 0.886. The van der Waals surface area contributed by atoms with Crippen molar-refractivity contribution in [2.24, 2.45) is 0 Å². The van der Waals surface area contributed by atoms with Gasteiger partial charge in [-0.25, -0.2) is 0 Å². The van der Waals surface area contributed by atoms with Crippen LogP contribution in [0.2, 0.25) is 0 Å². The third-order valence-corrected chi connectivity index (χ3v) is 4.42. The molecular formula is C17H23N3O3. The Morgan fingerprint density at radius 1 is 1.22 bits per heavy atom. The normalized spacial score (nSPS) is 16.0. The first-order chi connectivity index (χ1) is 11.2. The van der Waals surface area contributed by atoms with Gasteiger partial charge in [-0.05, 0) is 24.3 Å². The van der Waals surface area contributed by atoms with Crippen molar-refractivity contribution in [2.45, 2.75) is 6.54 Å². The molecule has 2 heterocycles. The second-order valence-corrected chi connectivity index (χ2v) is 5.81. The number of carbonyl (C=O) groups is 1. The van der Waals surface area contributed by atoms with Gasteiger partial charge in [0.25, 0.3) is 0 Å². The molecule has 0 saturated carbocycles. The summed E-state index contributed by atoms with van der Waals surface area (Å²) in [7, 11) is 1.65. The number of methoxy groups -OCH3 is 1. The Hall–Kier alpha value is -2.05. The van der Waals surface area contributed by atoms with Gasteiger partial charge < -0.3 is 19.3 Å². The number of piperazine rings is 1. The van der Waals surface area contributed by atoms with E-state index in [9.17, 15) is 4.79 Å². The lowest BCUT2D eigenvalue weighted by Gasteiger charge is -2.34. The van der Waals surface area contributed by atoms with Gasteiger partial charge in [0.05, 0.1) is 13.7 Å². The van der Waals surface area contributed by atoms with Gasteiger partial charge in [-0.3, -0.25) is 9.69 Å². The summed E-state index contributed by atoms with van der Waals surface area (Å²) in [6, 6.07) is 7.88. The molecule has 23 heavy (non-hydrogen) atoms. The first-order valence-electron chi connectivity index (χ1n) is 7.95. The number of amides is 1. The van der Waals surface area contributed by atoms with Crippen LogP contribution in [-0.2, 0) is 11.3 Å². The fourth-order valence-electron chi connectivity index (χ4n) is 3.05.